The lowest BCUT2D eigenvalue weighted by atomic mass is 10.0. The molecule has 0 aliphatic heterocycles. The maximum atomic E-state index is 12.8. The summed E-state index contributed by atoms with van der Waals surface area (Å²) in [7, 11) is 0. The summed E-state index contributed by atoms with van der Waals surface area (Å²) in [5.74, 6) is -5.41. The Balaban J connectivity index is 2.11. The van der Waals surface area contributed by atoms with E-state index >= 15 is 0 Å². The molecule has 0 aliphatic carbocycles. The average molecular weight is 462 g/mol. The summed E-state index contributed by atoms with van der Waals surface area (Å²) in [5, 5.41) is 32.7. The van der Waals surface area contributed by atoms with Crippen molar-refractivity contribution in [3.63, 3.8) is 0 Å². The molecule has 0 fully saturated rings. The standard InChI is InChI=1S/C21H26N4O8/c22-13(5-7-17(26)27)19(30)24-15(6-8-18(28)29)20(31)25-16(21(32)33)9-11-10-23-14-4-2-1-3-12(11)14/h1-4,10,13,15-16,23H,5-9,22H2,(H,24,30)(H,25,31)(H,26,27)(H,28,29)(H,32,33). The van der Waals surface area contributed by atoms with Crippen LogP contribution in [0.1, 0.15) is 31.2 Å². The first-order chi connectivity index (χ1) is 15.6. The number of carboxylic acid groups (broad SMARTS) is 3. The van der Waals surface area contributed by atoms with E-state index in [1.54, 1.807) is 18.3 Å². The van der Waals surface area contributed by atoms with Gasteiger partial charge < -0.3 is 36.7 Å². The average Bonchev–Trinajstić information content (AvgIpc) is 3.16. The molecule has 1 heterocycles. The highest BCUT2D eigenvalue weighted by molar-refractivity contribution is 5.92. The molecule has 2 aromatic rings. The summed E-state index contributed by atoms with van der Waals surface area (Å²) >= 11 is 0. The van der Waals surface area contributed by atoms with Crippen LogP contribution in [0.2, 0.25) is 0 Å². The number of rotatable bonds is 13. The lowest BCUT2D eigenvalue weighted by molar-refractivity contribution is -0.143. The van der Waals surface area contributed by atoms with Gasteiger partial charge in [0.2, 0.25) is 11.8 Å². The van der Waals surface area contributed by atoms with Crippen LogP contribution in [0.5, 0.6) is 0 Å². The number of carbonyl (C=O) groups excluding carboxylic acids is 2. The van der Waals surface area contributed by atoms with E-state index in [4.69, 9.17) is 15.9 Å². The van der Waals surface area contributed by atoms with Crippen molar-refractivity contribution in [1.82, 2.24) is 15.6 Å². The summed E-state index contributed by atoms with van der Waals surface area (Å²) in [6.07, 6.45) is 0.251. The fourth-order valence-corrected chi connectivity index (χ4v) is 3.22. The SMILES string of the molecule is NC(CCC(=O)O)C(=O)NC(CCC(=O)O)C(=O)NC(Cc1c[nH]c2ccccc12)C(=O)O. The Bertz CT molecular complexity index is 1030. The molecule has 0 bridgehead atoms. The molecule has 1 aromatic heterocycles. The Kier molecular flexibility index (Phi) is 8.92. The van der Waals surface area contributed by atoms with Crippen LogP contribution in [-0.4, -0.2) is 68.2 Å². The van der Waals surface area contributed by atoms with Gasteiger partial charge in [-0.25, -0.2) is 4.79 Å². The molecule has 0 spiro atoms. The maximum absolute atomic E-state index is 12.8. The number of amides is 2. The van der Waals surface area contributed by atoms with Gasteiger partial charge in [-0.3, -0.25) is 19.2 Å². The van der Waals surface area contributed by atoms with Crippen molar-refractivity contribution in [2.75, 3.05) is 0 Å². The van der Waals surface area contributed by atoms with Gasteiger partial charge in [-0.05, 0) is 24.5 Å². The van der Waals surface area contributed by atoms with Gasteiger partial charge in [-0.1, -0.05) is 18.2 Å². The molecule has 178 valence electrons. The second-order valence-electron chi connectivity index (χ2n) is 7.50. The van der Waals surface area contributed by atoms with Crippen molar-refractivity contribution in [2.45, 2.75) is 50.2 Å². The predicted molar refractivity (Wildman–Crippen MR) is 115 cm³/mol. The minimum absolute atomic E-state index is 0.0528. The van der Waals surface area contributed by atoms with Gasteiger partial charge in [0.25, 0.3) is 0 Å². The van der Waals surface area contributed by atoms with Crippen molar-refractivity contribution in [3.05, 3.63) is 36.0 Å². The number of benzene rings is 1. The zero-order valence-corrected chi connectivity index (χ0v) is 17.6. The molecular formula is C21H26N4O8. The fourth-order valence-electron chi connectivity index (χ4n) is 3.22. The first-order valence-corrected chi connectivity index (χ1v) is 10.2. The molecule has 0 saturated heterocycles. The van der Waals surface area contributed by atoms with E-state index in [2.05, 4.69) is 15.6 Å². The molecule has 8 N–H and O–H groups in total. The van der Waals surface area contributed by atoms with Crippen LogP contribution in [0.25, 0.3) is 10.9 Å². The van der Waals surface area contributed by atoms with Crippen molar-refractivity contribution in [1.29, 1.82) is 0 Å². The molecule has 33 heavy (non-hydrogen) atoms. The summed E-state index contributed by atoms with van der Waals surface area (Å²) in [6, 6.07) is 3.28. The third-order valence-electron chi connectivity index (χ3n) is 5.00. The normalized spacial score (nSPS) is 13.6. The van der Waals surface area contributed by atoms with Crippen LogP contribution in [0.15, 0.2) is 30.5 Å². The van der Waals surface area contributed by atoms with E-state index in [0.717, 1.165) is 10.9 Å². The first-order valence-electron chi connectivity index (χ1n) is 10.2. The minimum atomic E-state index is -1.37. The molecule has 0 aliphatic rings. The number of para-hydroxylation sites is 1. The van der Waals surface area contributed by atoms with E-state index < -0.39 is 54.3 Å². The van der Waals surface area contributed by atoms with Gasteiger partial charge in [0, 0.05) is 36.4 Å². The highest BCUT2D eigenvalue weighted by atomic mass is 16.4. The molecule has 2 rings (SSSR count). The monoisotopic (exact) mass is 462 g/mol. The van der Waals surface area contributed by atoms with Gasteiger partial charge >= 0.3 is 17.9 Å². The summed E-state index contributed by atoms with van der Waals surface area (Å²) in [4.78, 5) is 61.4. The van der Waals surface area contributed by atoms with Crippen molar-refractivity contribution < 1.29 is 39.3 Å². The van der Waals surface area contributed by atoms with E-state index in [1.807, 2.05) is 12.1 Å². The minimum Gasteiger partial charge on any atom is -0.481 e. The summed E-state index contributed by atoms with van der Waals surface area (Å²) < 4.78 is 0. The van der Waals surface area contributed by atoms with Crippen LogP contribution in [0.3, 0.4) is 0 Å². The third kappa shape index (κ3) is 7.61. The number of aromatic amines is 1. The zero-order valence-electron chi connectivity index (χ0n) is 17.6. The Morgan fingerprint density at radius 2 is 1.48 bits per heavy atom. The van der Waals surface area contributed by atoms with E-state index in [-0.39, 0.29) is 25.7 Å². The molecule has 3 unspecified atom stereocenters. The van der Waals surface area contributed by atoms with Crippen LogP contribution < -0.4 is 16.4 Å². The number of hydrogen-bond acceptors (Lipinski definition) is 6. The molecule has 12 nitrogen and oxygen atoms in total. The third-order valence-corrected chi connectivity index (χ3v) is 5.00. The number of fused-ring (bicyclic) bond motifs is 1. The van der Waals surface area contributed by atoms with Crippen LogP contribution >= 0.6 is 0 Å². The van der Waals surface area contributed by atoms with Gasteiger partial charge in [0.1, 0.15) is 12.1 Å². The maximum Gasteiger partial charge on any atom is 0.326 e. The molecule has 3 atom stereocenters. The number of nitrogens with one attached hydrogen (secondary N) is 3. The van der Waals surface area contributed by atoms with E-state index in [0.29, 0.717) is 5.56 Å². The fraction of sp³-hybridized carbons (Fsp3) is 0.381. The molecule has 0 radical (unpaired) electrons. The first kappa shape index (κ1) is 25.3. The second kappa shape index (κ2) is 11.6. The number of aromatic nitrogens is 1. The summed E-state index contributed by atoms with van der Waals surface area (Å²) in [6.45, 7) is 0. The molecule has 12 heteroatoms. The predicted octanol–water partition coefficient (Wildman–Crippen LogP) is -0.178. The van der Waals surface area contributed by atoms with Gasteiger partial charge in [-0.15, -0.1) is 0 Å². The smallest absolute Gasteiger partial charge is 0.326 e. The zero-order chi connectivity index (χ0) is 24.5. The van der Waals surface area contributed by atoms with Gasteiger partial charge in [-0.2, -0.15) is 0 Å². The Morgan fingerprint density at radius 3 is 2.12 bits per heavy atom. The quantitative estimate of drug-likeness (QED) is 0.210. The van der Waals surface area contributed by atoms with Crippen molar-refractivity contribution in [2.24, 2.45) is 5.73 Å². The molecular weight excluding hydrogens is 436 g/mol. The van der Waals surface area contributed by atoms with E-state index in [1.165, 1.54) is 0 Å². The molecule has 1 aromatic carbocycles. The largest absolute Gasteiger partial charge is 0.481 e. The lowest BCUT2D eigenvalue weighted by Crippen LogP contribution is -2.55. The van der Waals surface area contributed by atoms with Gasteiger partial charge in [0.05, 0.1) is 6.04 Å². The molecule has 2 amide bonds. The Hall–Kier alpha value is -3.93. The highest BCUT2D eigenvalue weighted by Gasteiger charge is 2.29. The van der Waals surface area contributed by atoms with Crippen LogP contribution in [0.4, 0.5) is 0 Å². The Morgan fingerprint density at radius 1 is 0.879 bits per heavy atom. The lowest BCUT2D eigenvalue weighted by Gasteiger charge is -2.22. The van der Waals surface area contributed by atoms with Crippen LogP contribution in [0, 0.1) is 0 Å². The number of carbonyl (C=O) groups is 5. The number of nitrogens with two attached hydrogens (primary N) is 1. The van der Waals surface area contributed by atoms with Crippen molar-refractivity contribution >= 4 is 40.6 Å². The Labute approximate surface area is 188 Å². The topological polar surface area (TPSA) is 212 Å². The number of carboxylic acids is 3. The number of hydrogen-bond donors (Lipinski definition) is 7. The number of H-pyrrole nitrogens is 1. The second-order valence-corrected chi connectivity index (χ2v) is 7.50. The highest BCUT2D eigenvalue weighted by Crippen LogP contribution is 2.19. The summed E-state index contributed by atoms with van der Waals surface area (Å²) in [5.41, 5.74) is 7.09. The molecule has 0 saturated carbocycles. The van der Waals surface area contributed by atoms with E-state index in [9.17, 15) is 29.1 Å². The van der Waals surface area contributed by atoms with Gasteiger partial charge in [0.15, 0.2) is 0 Å². The van der Waals surface area contributed by atoms with Crippen LogP contribution in [-0.2, 0) is 30.4 Å². The van der Waals surface area contributed by atoms with Crippen molar-refractivity contribution in [3.8, 4) is 0 Å². The number of aliphatic carboxylic acids is 3.